The van der Waals surface area contributed by atoms with Gasteiger partial charge < -0.3 is 11.1 Å². The van der Waals surface area contributed by atoms with Crippen LogP contribution in [-0.4, -0.2) is 27.2 Å². The average Bonchev–Trinajstić information content (AvgIpc) is 3.00. The van der Waals surface area contributed by atoms with Gasteiger partial charge in [-0.1, -0.05) is 6.92 Å². The number of carbonyl (C=O) groups excluding carboxylic acids is 1. The molecule has 0 aliphatic heterocycles. The van der Waals surface area contributed by atoms with Gasteiger partial charge >= 0.3 is 0 Å². The van der Waals surface area contributed by atoms with Crippen molar-refractivity contribution in [2.75, 3.05) is 11.9 Å². The third-order valence-corrected chi connectivity index (χ3v) is 3.29. The third kappa shape index (κ3) is 4.68. The highest BCUT2D eigenvalue weighted by atomic mass is 16.1. The second-order valence-electron chi connectivity index (χ2n) is 5.13. The van der Waals surface area contributed by atoms with Crippen molar-refractivity contribution < 1.29 is 4.79 Å². The first-order valence-electron chi connectivity index (χ1n) is 7.15. The van der Waals surface area contributed by atoms with E-state index in [9.17, 15) is 4.79 Å². The molecule has 0 radical (unpaired) electrons. The molecule has 0 fully saturated rings. The predicted octanol–water partition coefficient (Wildman–Crippen LogP) is 1.97. The molecule has 1 atom stereocenters. The Morgan fingerprint density at radius 3 is 2.90 bits per heavy atom. The molecule has 1 amide bonds. The van der Waals surface area contributed by atoms with Crippen molar-refractivity contribution in [1.82, 2.24) is 14.8 Å². The Balaban J connectivity index is 1.84. The minimum Gasteiger partial charge on any atom is -0.330 e. The molecule has 0 spiro atoms. The first-order chi connectivity index (χ1) is 10.2. The molecule has 112 valence electrons. The second-order valence-corrected chi connectivity index (χ2v) is 5.13. The first-order valence-corrected chi connectivity index (χ1v) is 7.15. The lowest BCUT2D eigenvalue weighted by Gasteiger charge is -2.10. The van der Waals surface area contributed by atoms with Crippen LogP contribution in [-0.2, 0) is 4.79 Å². The Kier molecular flexibility index (Phi) is 5.45. The van der Waals surface area contributed by atoms with Crippen LogP contribution in [0.1, 0.15) is 26.2 Å². The Bertz CT molecular complexity index is 550. The number of rotatable bonds is 7. The number of aromatic nitrogens is 3. The van der Waals surface area contributed by atoms with Gasteiger partial charge in [0, 0.05) is 18.8 Å². The highest BCUT2D eigenvalue weighted by Crippen LogP contribution is 2.12. The highest BCUT2D eigenvalue weighted by Gasteiger charge is 2.07. The summed E-state index contributed by atoms with van der Waals surface area (Å²) < 4.78 is 1.67. The van der Waals surface area contributed by atoms with E-state index in [1.807, 2.05) is 24.4 Å². The van der Waals surface area contributed by atoms with Crippen LogP contribution in [0, 0.1) is 5.92 Å². The monoisotopic (exact) mass is 287 g/mol. The molecular weight excluding hydrogens is 266 g/mol. The summed E-state index contributed by atoms with van der Waals surface area (Å²) in [5.74, 6) is 1.20. The topological polar surface area (TPSA) is 85.8 Å². The predicted molar refractivity (Wildman–Crippen MR) is 82.1 cm³/mol. The summed E-state index contributed by atoms with van der Waals surface area (Å²) in [6.07, 6.45) is 7.45. The average molecular weight is 287 g/mol. The Labute approximate surface area is 124 Å². The number of anilines is 1. The maximum Gasteiger partial charge on any atom is 0.224 e. The van der Waals surface area contributed by atoms with Gasteiger partial charge in [-0.2, -0.15) is 5.10 Å². The minimum absolute atomic E-state index is 0.00695. The van der Waals surface area contributed by atoms with Crippen LogP contribution in [0.4, 0.5) is 5.69 Å². The normalized spacial score (nSPS) is 12.1. The molecule has 21 heavy (non-hydrogen) atoms. The zero-order valence-corrected chi connectivity index (χ0v) is 12.2. The van der Waals surface area contributed by atoms with E-state index in [0.29, 0.717) is 24.6 Å². The van der Waals surface area contributed by atoms with E-state index in [0.717, 1.165) is 18.7 Å². The molecule has 0 saturated carbocycles. The van der Waals surface area contributed by atoms with Gasteiger partial charge in [-0.05, 0) is 43.5 Å². The van der Waals surface area contributed by atoms with E-state index >= 15 is 0 Å². The van der Waals surface area contributed by atoms with Crippen LogP contribution in [0.3, 0.4) is 0 Å². The number of nitrogens with two attached hydrogens (primary N) is 1. The van der Waals surface area contributed by atoms with Gasteiger partial charge in [0.15, 0.2) is 5.82 Å². The quantitative estimate of drug-likeness (QED) is 0.815. The van der Waals surface area contributed by atoms with Gasteiger partial charge in [0.2, 0.25) is 5.91 Å². The minimum atomic E-state index is 0.00695. The molecular formula is C15H21N5O. The summed E-state index contributed by atoms with van der Waals surface area (Å²) in [5.41, 5.74) is 6.19. The Morgan fingerprint density at radius 2 is 2.29 bits per heavy atom. The summed E-state index contributed by atoms with van der Waals surface area (Å²) in [5, 5.41) is 6.95. The fraction of sp³-hybridized carbons (Fsp3) is 0.400. The number of carbonyl (C=O) groups is 1. The molecule has 6 nitrogen and oxygen atoms in total. The molecule has 3 N–H and O–H groups in total. The van der Waals surface area contributed by atoms with Crippen LogP contribution in [0.2, 0.25) is 0 Å². The van der Waals surface area contributed by atoms with E-state index in [1.165, 1.54) is 0 Å². The molecule has 6 heteroatoms. The van der Waals surface area contributed by atoms with E-state index in [1.54, 1.807) is 17.1 Å². The van der Waals surface area contributed by atoms with E-state index in [-0.39, 0.29) is 5.91 Å². The smallest absolute Gasteiger partial charge is 0.224 e. The zero-order valence-electron chi connectivity index (χ0n) is 12.2. The Hall–Kier alpha value is -2.21. The van der Waals surface area contributed by atoms with Crippen molar-refractivity contribution in [2.45, 2.75) is 26.2 Å². The van der Waals surface area contributed by atoms with Gasteiger partial charge in [-0.15, -0.1) is 0 Å². The fourth-order valence-corrected chi connectivity index (χ4v) is 2.03. The molecule has 0 saturated heterocycles. The molecule has 1 unspecified atom stereocenters. The molecule has 2 rings (SSSR count). The van der Waals surface area contributed by atoms with Crippen LogP contribution in [0.25, 0.3) is 5.82 Å². The van der Waals surface area contributed by atoms with Gasteiger partial charge in [-0.25, -0.2) is 9.67 Å². The van der Waals surface area contributed by atoms with Gasteiger partial charge in [0.05, 0.1) is 11.9 Å². The van der Waals surface area contributed by atoms with Crippen molar-refractivity contribution >= 4 is 11.6 Å². The van der Waals surface area contributed by atoms with Crippen molar-refractivity contribution in [3.05, 3.63) is 36.8 Å². The molecule has 0 aliphatic rings. The molecule has 0 aromatic carbocycles. The fourth-order valence-electron chi connectivity index (χ4n) is 2.03. The summed E-state index contributed by atoms with van der Waals surface area (Å²) in [6, 6.07) is 5.48. The van der Waals surface area contributed by atoms with Crippen molar-refractivity contribution in [3.63, 3.8) is 0 Å². The van der Waals surface area contributed by atoms with Crippen LogP contribution < -0.4 is 11.1 Å². The summed E-state index contributed by atoms with van der Waals surface area (Å²) >= 11 is 0. The highest BCUT2D eigenvalue weighted by molar-refractivity contribution is 5.90. The SMILES string of the molecule is CC(CCN)CCC(=O)Nc1ccc(-n2cccn2)nc1. The number of hydrogen-bond acceptors (Lipinski definition) is 4. The van der Waals surface area contributed by atoms with Crippen LogP contribution in [0.15, 0.2) is 36.8 Å². The summed E-state index contributed by atoms with van der Waals surface area (Å²) in [6.45, 7) is 2.78. The standard InChI is InChI=1S/C15H21N5O/c1-12(7-8-16)3-6-15(21)19-13-4-5-14(17-11-13)20-10-2-9-18-20/h2,4-5,9-12H,3,6-8,16H2,1H3,(H,19,21). The molecule has 2 aromatic heterocycles. The zero-order chi connectivity index (χ0) is 15.1. The number of nitrogens with zero attached hydrogens (tertiary/aromatic N) is 3. The number of nitrogens with one attached hydrogen (secondary N) is 1. The number of hydrogen-bond donors (Lipinski definition) is 2. The number of pyridine rings is 1. The lowest BCUT2D eigenvalue weighted by molar-refractivity contribution is -0.116. The lowest BCUT2D eigenvalue weighted by Crippen LogP contribution is -2.14. The molecule has 2 aromatic rings. The van der Waals surface area contributed by atoms with Crippen molar-refractivity contribution in [1.29, 1.82) is 0 Å². The molecule has 2 heterocycles. The summed E-state index contributed by atoms with van der Waals surface area (Å²) in [4.78, 5) is 16.1. The van der Waals surface area contributed by atoms with E-state index < -0.39 is 0 Å². The van der Waals surface area contributed by atoms with Crippen molar-refractivity contribution in [3.8, 4) is 5.82 Å². The van der Waals surface area contributed by atoms with E-state index in [2.05, 4.69) is 22.3 Å². The van der Waals surface area contributed by atoms with Crippen LogP contribution >= 0.6 is 0 Å². The van der Waals surface area contributed by atoms with Crippen LogP contribution in [0.5, 0.6) is 0 Å². The second kappa shape index (κ2) is 7.54. The van der Waals surface area contributed by atoms with Crippen molar-refractivity contribution in [2.24, 2.45) is 11.7 Å². The maximum absolute atomic E-state index is 11.8. The molecule has 0 aliphatic carbocycles. The number of amides is 1. The summed E-state index contributed by atoms with van der Waals surface area (Å²) in [7, 11) is 0. The lowest BCUT2D eigenvalue weighted by atomic mass is 10.0. The Morgan fingerprint density at radius 1 is 1.43 bits per heavy atom. The largest absolute Gasteiger partial charge is 0.330 e. The maximum atomic E-state index is 11.8. The van der Waals surface area contributed by atoms with E-state index in [4.69, 9.17) is 5.73 Å². The van der Waals surface area contributed by atoms with Gasteiger partial charge in [0.1, 0.15) is 0 Å². The van der Waals surface area contributed by atoms with Gasteiger partial charge in [0.25, 0.3) is 0 Å². The van der Waals surface area contributed by atoms with Gasteiger partial charge in [-0.3, -0.25) is 4.79 Å². The molecule has 0 bridgehead atoms. The first kappa shape index (κ1) is 15.2. The third-order valence-electron chi connectivity index (χ3n) is 3.29.